The van der Waals surface area contributed by atoms with Gasteiger partial charge >= 0.3 is 0 Å². The van der Waals surface area contributed by atoms with Crippen molar-refractivity contribution in [2.75, 3.05) is 19.0 Å². The highest BCUT2D eigenvalue weighted by atomic mass is 19.3. The summed E-state index contributed by atoms with van der Waals surface area (Å²) in [6, 6.07) is 3.60. The molecule has 30 heavy (non-hydrogen) atoms. The average Bonchev–Trinajstić information content (AvgIpc) is 2.74. The lowest BCUT2D eigenvalue weighted by Gasteiger charge is -2.40. The first kappa shape index (κ1) is 21.5. The quantitative estimate of drug-likeness (QED) is 0.739. The van der Waals surface area contributed by atoms with Crippen LogP contribution in [0.15, 0.2) is 35.6 Å². The fourth-order valence-corrected chi connectivity index (χ4v) is 3.30. The Hall–Kier alpha value is -3.21. The molecular formula is C19H20F3N5O3. The number of rotatable bonds is 6. The standard InChI is InChI=1S/C19H20F3N5O3/c1-3-19(16(17(21)22)30-9-14(23)27-19)11-6-10(4-5-12(11)20)26-18(28)13-7-25-15(29-2)8-24-13/h4-8,16-17H,3,9H2,1-2H3,(H2,23,27)(H,26,28)/t16-,19+/m1/s1. The highest BCUT2D eigenvalue weighted by Gasteiger charge is 2.49. The topological polar surface area (TPSA) is 112 Å². The maximum absolute atomic E-state index is 14.7. The molecular weight excluding hydrogens is 403 g/mol. The first-order valence-corrected chi connectivity index (χ1v) is 9.02. The van der Waals surface area contributed by atoms with Gasteiger partial charge in [0.2, 0.25) is 5.88 Å². The Morgan fingerprint density at radius 1 is 1.40 bits per heavy atom. The van der Waals surface area contributed by atoms with Crippen molar-refractivity contribution in [3.8, 4) is 5.88 Å². The van der Waals surface area contributed by atoms with Crippen LogP contribution in [0.4, 0.5) is 18.9 Å². The summed E-state index contributed by atoms with van der Waals surface area (Å²) < 4.78 is 52.2. The van der Waals surface area contributed by atoms with Crippen LogP contribution in [0.3, 0.4) is 0 Å². The number of halogens is 3. The molecule has 0 spiro atoms. The second-order valence-corrected chi connectivity index (χ2v) is 6.54. The highest BCUT2D eigenvalue weighted by Crippen LogP contribution is 2.42. The zero-order valence-electron chi connectivity index (χ0n) is 16.2. The van der Waals surface area contributed by atoms with E-state index in [1.165, 1.54) is 31.6 Å². The Morgan fingerprint density at radius 3 is 2.77 bits per heavy atom. The maximum atomic E-state index is 14.7. The molecule has 2 aromatic rings. The molecule has 160 valence electrons. The van der Waals surface area contributed by atoms with E-state index >= 15 is 0 Å². The third-order valence-corrected chi connectivity index (χ3v) is 4.75. The molecule has 3 N–H and O–H groups in total. The normalized spacial score (nSPS) is 21.3. The van der Waals surface area contributed by atoms with Gasteiger partial charge in [-0.1, -0.05) is 6.92 Å². The molecule has 2 heterocycles. The number of anilines is 1. The van der Waals surface area contributed by atoms with Gasteiger partial charge in [0.1, 0.15) is 35.6 Å². The van der Waals surface area contributed by atoms with Crippen LogP contribution < -0.4 is 15.8 Å². The second-order valence-electron chi connectivity index (χ2n) is 6.54. The van der Waals surface area contributed by atoms with Gasteiger partial charge in [-0.2, -0.15) is 0 Å². The van der Waals surface area contributed by atoms with Crippen molar-refractivity contribution >= 4 is 17.4 Å². The zero-order valence-corrected chi connectivity index (χ0v) is 16.2. The van der Waals surface area contributed by atoms with Gasteiger partial charge < -0.3 is 20.5 Å². The Bertz CT molecular complexity index is 955. The average molecular weight is 423 g/mol. The Labute approximate surface area is 170 Å². The summed E-state index contributed by atoms with van der Waals surface area (Å²) in [6.07, 6.45) is -2.14. The smallest absolute Gasteiger partial charge is 0.275 e. The first-order valence-electron chi connectivity index (χ1n) is 9.02. The monoisotopic (exact) mass is 423 g/mol. The minimum absolute atomic E-state index is 0.000974. The largest absolute Gasteiger partial charge is 0.480 e. The molecule has 0 saturated carbocycles. The van der Waals surface area contributed by atoms with Crippen molar-refractivity contribution in [2.45, 2.75) is 31.4 Å². The van der Waals surface area contributed by atoms with Crippen molar-refractivity contribution in [1.29, 1.82) is 0 Å². The zero-order chi connectivity index (χ0) is 21.9. The van der Waals surface area contributed by atoms with E-state index in [0.717, 1.165) is 6.07 Å². The Balaban J connectivity index is 1.97. The summed E-state index contributed by atoms with van der Waals surface area (Å²) in [4.78, 5) is 24.4. The molecule has 1 amide bonds. The number of aromatic nitrogens is 2. The van der Waals surface area contributed by atoms with Gasteiger partial charge in [-0.25, -0.2) is 23.1 Å². The molecule has 2 atom stereocenters. The van der Waals surface area contributed by atoms with Gasteiger partial charge in [-0.05, 0) is 24.6 Å². The summed E-state index contributed by atoms with van der Waals surface area (Å²) in [6.45, 7) is 1.31. The van der Waals surface area contributed by atoms with Crippen LogP contribution in [-0.2, 0) is 10.3 Å². The molecule has 1 aliphatic rings. The predicted molar refractivity (Wildman–Crippen MR) is 102 cm³/mol. The number of hydrogen-bond donors (Lipinski definition) is 2. The SMILES string of the molecule is CC[C@@]1(c2cc(NC(=O)c3cnc(OC)cn3)ccc2F)N=C(N)CO[C@@H]1C(F)F. The third-order valence-electron chi connectivity index (χ3n) is 4.75. The van der Waals surface area contributed by atoms with Gasteiger partial charge in [-0.15, -0.1) is 0 Å². The predicted octanol–water partition coefficient (Wildman–Crippen LogP) is 2.50. The summed E-state index contributed by atoms with van der Waals surface area (Å²) in [5, 5.41) is 2.54. The van der Waals surface area contributed by atoms with Crippen LogP contribution in [0.1, 0.15) is 29.4 Å². The van der Waals surface area contributed by atoms with Crippen LogP contribution in [-0.4, -0.2) is 48.0 Å². The molecule has 0 bridgehead atoms. The number of nitrogens with one attached hydrogen (secondary N) is 1. The fourth-order valence-electron chi connectivity index (χ4n) is 3.30. The van der Waals surface area contributed by atoms with Crippen LogP contribution in [0.2, 0.25) is 0 Å². The number of hydrogen-bond acceptors (Lipinski definition) is 7. The molecule has 1 aromatic heterocycles. The van der Waals surface area contributed by atoms with Gasteiger partial charge in [0.15, 0.2) is 0 Å². The molecule has 0 unspecified atom stereocenters. The fraction of sp³-hybridized carbons (Fsp3) is 0.368. The van der Waals surface area contributed by atoms with Crippen molar-refractivity contribution in [3.05, 3.63) is 47.7 Å². The lowest BCUT2D eigenvalue weighted by molar-refractivity contribution is -0.0940. The van der Waals surface area contributed by atoms with Crippen LogP contribution in [0.25, 0.3) is 0 Å². The third kappa shape index (κ3) is 4.06. The number of carbonyl (C=O) groups is 1. The van der Waals surface area contributed by atoms with Crippen molar-refractivity contribution < 1.29 is 27.4 Å². The lowest BCUT2D eigenvalue weighted by atomic mass is 9.81. The summed E-state index contributed by atoms with van der Waals surface area (Å²) in [5.41, 5.74) is 3.97. The summed E-state index contributed by atoms with van der Waals surface area (Å²) in [5.74, 6) is -1.18. The molecule has 0 saturated heterocycles. The number of methoxy groups -OCH3 is 1. The Morgan fingerprint density at radius 2 is 2.17 bits per heavy atom. The van der Waals surface area contributed by atoms with Gasteiger partial charge in [0.25, 0.3) is 12.3 Å². The molecule has 3 rings (SSSR count). The van der Waals surface area contributed by atoms with Crippen molar-refractivity contribution in [2.24, 2.45) is 10.7 Å². The number of carbonyl (C=O) groups excluding carboxylic acids is 1. The first-order chi connectivity index (χ1) is 14.3. The summed E-state index contributed by atoms with van der Waals surface area (Å²) in [7, 11) is 1.41. The van der Waals surface area contributed by atoms with Crippen molar-refractivity contribution in [1.82, 2.24) is 9.97 Å². The minimum atomic E-state index is -2.92. The van der Waals surface area contributed by atoms with E-state index in [4.69, 9.17) is 15.2 Å². The summed E-state index contributed by atoms with van der Waals surface area (Å²) >= 11 is 0. The number of aliphatic imine (C=N–C) groups is 1. The van der Waals surface area contributed by atoms with Crippen LogP contribution in [0.5, 0.6) is 5.88 Å². The number of nitrogens with zero attached hydrogens (tertiary/aromatic N) is 3. The lowest BCUT2D eigenvalue weighted by Crippen LogP contribution is -2.50. The number of ether oxygens (including phenoxy) is 2. The van der Waals surface area contributed by atoms with Crippen molar-refractivity contribution in [3.63, 3.8) is 0 Å². The number of benzene rings is 1. The number of amidine groups is 1. The van der Waals surface area contributed by atoms with Crippen LogP contribution >= 0.6 is 0 Å². The molecule has 1 aliphatic heterocycles. The van der Waals surface area contributed by atoms with E-state index in [9.17, 15) is 18.0 Å². The van der Waals surface area contributed by atoms with Gasteiger partial charge in [0.05, 0.1) is 19.5 Å². The van der Waals surface area contributed by atoms with Crippen LogP contribution in [0, 0.1) is 5.82 Å². The van der Waals surface area contributed by atoms with E-state index in [1.807, 2.05) is 0 Å². The minimum Gasteiger partial charge on any atom is -0.480 e. The maximum Gasteiger partial charge on any atom is 0.275 e. The molecule has 1 aromatic carbocycles. The van der Waals surface area contributed by atoms with E-state index in [2.05, 4.69) is 20.3 Å². The molecule has 0 radical (unpaired) electrons. The van der Waals surface area contributed by atoms with Gasteiger partial charge in [0, 0.05) is 11.3 Å². The molecule has 0 aliphatic carbocycles. The van der Waals surface area contributed by atoms with E-state index in [-0.39, 0.29) is 41.7 Å². The number of nitrogens with two attached hydrogens (primary N) is 1. The Kier molecular flexibility index (Phi) is 6.20. The van der Waals surface area contributed by atoms with E-state index in [1.54, 1.807) is 6.92 Å². The van der Waals surface area contributed by atoms with E-state index in [0.29, 0.717) is 0 Å². The molecule has 8 nitrogen and oxygen atoms in total. The number of amides is 1. The van der Waals surface area contributed by atoms with E-state index < -0.39 is 29.8 Å². The molecule has 11 heteroatoms. The number of alkyl halides is 2. The van der Waals surface area contributed by atoms with Gasteiger partial charge in [-0.3, -0.25) is 9.79 Å². The molecule has 0 fully saturated rings. The second kappa shape index (κ2) is 8.66. The highest BCUT2D eigenvalue weighted by molar-refractivity contribution is 6.02.